The molecule has 23 heavy (non-hydrogen) atoms. The number of carbonyl (C=O) groups is 2. The van der Waals surface area contributed by atoms with Gasteiger partial charge < -0.3 is 9.47 Å². The fraction of sp³-hybridized carbons (Fsp3) is 0.895. The Morgan fingerprint density at radius 1 is 0.783 bits per heavy atom. The number of unbranched alkanes of at least 4 members (excludes halogenated alkanes) is 6. The SMILES string of the molecule is CCCCCCCCCOC(=O)CCC(=O)OCCC(C)CC. The number of ether oxygens (including phenoxy) is 2. The minimum absolute atomic E-state index is 0.121. The van der Waals surface area contributed by atoms with E-state index in [0.29, 0.717) is 19.1 Å². The van der Waals surface area contributed by atoms with Crippen molar-refractivity contribution in [3.8, 4) is 0 Å². The van der Waals surface area contributed by atoms with Crippen molar-refractivity contribution in [2.24, 2.45) is 5.92 Å². The molecule has 0 spiro atoms. The summed E-state index contributed by atoms with van der Waals surface area (Å²) in [7, 11) is 0. The second-order valence-corrected chi connectivity index (χ2v) is 6.36. The van der Waals surface area contributed by atoms with Crippen LogP contribution in [0.4, 0.5) is 0 Å². The minimum atomic E-state index is -0.304. The molecule has 0 N–H and O–H groups in total. The maximum absolute atomic E-state index is 11.5. The lowest BCUT2D eigenvalue weighted by atomic mass is 10.1. The molecule has 0 rings (SSSR count). The van der Waals surface area contributed by atoms with Crippen molar-refractivity contribution in [1.82, 2.24) is 0 Å². The predicted octanol–water partition coefficient (Wildman–Crippen LogP) is 5.04. The zero-order valence-electron chi connectivity index (χ0n) is 15.4. The second-order valence-electron chi connectivity index (χ2n) is 6.36. The van der Waals surface area contributed by atoms with E-state index in [1.807, 2.05) is 0 Å². The highest BCUT2D eigenvalue weighted by Crippen LogP contribution is 2.08. The summed E-state index contributed by atoms with van der Waals surface area (Å²) in [6.45, 7) is 7.38. The number of rotatable bonds is 15. The van der Waals surface area contributed by atoms with Gasteiger partial charge in [0, 0.05) is 0 Å². The molecule has 1 atom stereocenters. The summed E-state index contributed by atoms with van der Waals surface area (Å²) >= 11 is 0. The van der Waals surface area contributed by atoms with E-state index in [4.69, 9.17) is 9.47 Å². The standard InChI is InChI=1S/C19H36O4/c1-4-6-7-8-9-10-11-15-22-18(20)12-13-19(21)23-16-14-17(3)5-2/h17H,4-16H2,1-3H3. The molecule has 0 aromatic rings. The van der Waals surface area contributed by atoms with Gasteiger partial charge in [0.05, 0.1) is 26.1 Å². The van der Waals surface area contributed by atoms with Crippen LogP contribution in [-0.2, 0) is 19.1 Å². The molecule has 0 saturated heterocycles. The molecule has 0 radical (unpaired) electrons. The Balaban J connectivity index is 3.40. The fourth-order valence-corrected chi connectivity index (χ4v) is 2.17. The molecule has 0 aliphatic rings. The van der Waals surface area contributed by atoms with E-state index in [1.165, 1.54) is 32.1 Å². The van der Waals surface area contributed by atoms with Crippen molar-refractivity contribution in [1.29, 1.82) is 0 Å². The molecule has 136 valence electrons. The lowest BCUT2D eigenvalue weighted by Gasteiger charge is -2.09. The molecule has 0 aliphatic carbocycles. The van der Waals surface area contributed by atoms with Gasteiger partial charge in [0.15, 0.2) is 0 Å². The van der Waals surface area contributed by atoms with E-state index >= 15 is 0 Å². The molecule has 0 aromatic carbocycles. The third-order valence-corrected chi connectivity index (χ3v) is 4.11. The van der Waals surface area contributed by atoms with Crippen molar-refractivity contribution in [2.75, 3.05) is 13.2 Å². The van der Waals surface area contributed by atoms with Gasteiger partial charge in [0.2, 0.25) is 0 Å². The van der Waals surface area contributed by atoms with Crippen LogP contribution >= 0.6 is 0 Å². The largest absolute Gasteiger partial charge is 0.466 e. The molecular formula is C19H36O4. The zero-order chi connectivity index (χ0) is 17.3. The molecule has 0 heterocycles. The first kappa shape index (κ1) is 21.9. The smallest absolute Gasteiger partial charge is 0.306 e. The Bertz CT molecular complexity index is 302. The van der Waals surface area contributed by atoms with E-state index in [1.54, 1.807) is 0 Å². The highest BCUT2D eigenvalue weighted by Gasteiger charge is 2.09. The Morgan fingerprint density at radius 2 is 1.30 bits per heavy atom. The van der Waals surface area contributed by atoms with Crippen LogP contribution in [0.5, 0.6) is 0 Å². The topological polar surface area (TPSA) is 52.6 Å². The van der Waals surface area contributed by atoms with Gasteiger partial charge in [-0.3, -0.25) is 9.59 Å². The van der Waals surface area contributed by atoms with Crippen LogP contribution < -0.4 is 0 Å². The molecule has 0 aromatic heterocycles. The van der Waals surface area contributed by atoms with E-state index in [-0.39, 0.29) is 24.8 Å². The van der Waals surface area contributed by atoms with Crippen LogP contribution in [0.1, 0.15) is 91.4 Å². The number of esters is 2. The zero-order valence-corrected chi connectivity index (χ0v) is 15.4. The fourth-order valence-electron chi connectivity index (χ4n) is 2.17. The molecule has 0 saturated carbocycles. The highest BCUT2D eigenvalue weighted by molar-refractivity contribution is 5.77. The minimum Gasteiger partial charge on any atom is -0.466 e. The summed E-state index contributed by atoms with van der Waals surface area (Å²) in [4.78, 5) is 23.0. The molecule has 0 fully saturated rings. The molecule has 0 bridgehead atoms. The van der Waals surface area contributed by atoms with Crippen molar-refractivity contribution >= 4 is 11.9 Å². The van der Waals surface area contributed by atoms with Gasteiger partial charge in [-0.15, -0.1) is 0 Å². The normalized spacial score (nSPS) is 12.0. The first-order valence-electron chi connectivity index (χ1n) is 9.41. The van der Waals surface area contributed by atoms with Gasteiger partial charge in [0.1, 0.15) is 0 Å². The van der Waals surface area contributed by atoms with E-state index < -0.39 is 0 Å². The molecule has 4 heteroatoms. The molecule has 1 unspecified atom stereocenters. The average molecular weight is 328 g/mol. The molecule has 4 nitrogen and oxygen atoms in total. The molecular weight excluding hydrogens is 292 g/mol. The Kier molecular flexibility index (Phi) is 15.1. The lowest BCUT2D eigenvalue weighted by Crippen LogP contribution is -2.12. The van der Waals surface area contributed by atoms with Crippen molar-refractivity contribution in [2.45, 2.75) is 91.4 Å². The summed E-state index contributed by atoms with van der Waals surface area (Å²) in [6, 6.07) is 0. The van der Waals surface area contributed by atoms with Crippen LogP contribution in [0, 0.1) is 5.92 Å². The van der Waals surface area contributed by atoms with Crippen LogP contribution in [0.25, 0.3) is 0 Å². The maximum atomic E-state index is 11.5. The third kappa shape index (κ3) is 15.6. The second kappa shape index (κ2) is 15.8. The van der Waals surface area contributed by atoms with Gasteiger partial charge in [-0.2, -0.15) is 0 Å². The average Bonchev–Trinajstić information content (AvgIpc) is 2.55. The lowest BCUT2D eigenvalue weighted by molar-refractivity contribution is -0.150. The van der Waals surface area contributed by atoms with E-state index in [9.17, 15) is 9.59 Å². The highest BCUT2D eigenvalue weighted by atomic mass is 16.5. The Morgan fingerprint density at radius 3 is 1.87 bits per heavy atom. The third-order valence-electron chi connectivity index (χ3n) is 4.11. The summed E-state index contributed by atoms with van der Waals surface area (Å²) in [5, 5.41) is 0. The van der Waals surface area contributed by atoms with Crippen LogP contribution in [0.15, 0.2) is 0 Å². The van der Waals surface area contributed by atoms with Gasteiger partial charge in [-0.05, 0) is 18.8 Å². The van der Waals surface area contributed by atoms with E-state index in [0.717, 1.165) is 25.7 Å². The molecule has 0 aliphatic heterocycles. The first-order chi connectivity index (χ1) is 11.1. The summed E-state index contributed by atoms with van der Waals surface area (Å²) < 4.78 is 10.2. The van der Waals surface area contributed by atoms with Gasteiger partial charge >= 0.3 is 11.9 Å². The van der Waals surface area contributed by atoms with Gasteiger partial charge in [0.25, 0.3) is 0 Å². The molecule has 0 amide bonds. The summed E-state index contributed by atoms with van der Waals surface area (Å²) in [5.74, 6) is -0.0363. The first-order valence-corrected chi connectivity index (χ1v) is 9.41. The van der Waals surface area contributed by atoms with Crippen molar-refractivity contribution < 1.29 is 19.1 Å². The van der Waals surface area contributed by atoms with E-state index in [2.05, 4.69) is 20.8 Å². The van der Waals surface area contributed by atoms with Gasteiger partial charge in [-0.25, -0.2) is 0 Å². The van der Waals surface area contributed by atoms with Crippen LogP contribution in [0.2, 0.25) is 0 Å². The van der Waals surface area contributed by atoms with Gasteiger partial charge in [-0.1, -0.05) is 65.7 Å². The maximum Gasteiger partial charge on any atom is 0.306 e. The number of carbonyl (C=O) groups excluding carboxylic acids is 2. The Hall–Kier alpha value is -1.06. The van der Waals surface area contributed by atoms with Crippen LogP contribution in [-0.4, -0.2) is 25.2 Å². The quantitative estimate of drug-likeness (QED) is 0.312. The predicted molar refractivity (Wildman–Crippen MR) is 93.2 cm³/mol. The summed E-state index contributed by atoms with van der Waals surface area (Å²) in [5.41, 5.74) is 0. The summed E-state index contributed by atoms with van der Waals surface area (Å²) in [6.07, 6.45) is 10.6. The number of hydrogen-bond donors (Lipinski definition) is 0. The van der Waals surface area contributed by atoms with Crippen molar-refractivity contribution in [3.05, 3.63) is 0 Å². The monoisotopic (exact) mass is 328 g/mol. The van der Waals surface area contributed by atoms with Crippen LogP contribution in [0.3, 0.4) is 0 Å². The Labute approximate surface area is 142 Å². The van der Waals surface area contributed by atoms with Crippen molar-refractivity contribution in [3.63, 3.8) is 0 Å². The number of hydrogen-bond acceptors (Lipinski definition) is 4.